The summed E-state index contributed by atoms with van der Waals surface area (Å²) in [5, 5.41) is 6.53. The first-order valence-corrected chi connectivity index (χ1v) is 10.0. The Morgan fingerprint density at radius 3 is 2.47 bits per heavy atom. The Morgan fingerprint density at radius 2 is 1.83 bits per heavy atom. The van der Waals surface area contributed by atoms with Crippen molar-refractivity contribution in [2.24, 2.45) is 5.10 Å². The molecule has 160 valence electrons. The first kappa shape index (κ1) is 23.2. The number of nitrogens with one attached hydrogen (secondary N) is 2. The molecule has 8 nitrogen and oxygen atoms in total. The van der Waals surface area contributed by atoms with E-state index < -0.39 is 11.8 Å². The van der Waals surface area contributed by atoms with Crippen molar-refractivity contribution in [3.8, 4) is 17.2 Å². The molecule has 2 rings (SSSR count). The van der Waals surface area contributed by atoms with Gasteiger partial charge < -0.3 is 19.5 Å². The fourth-order valence-electron chi connectivity index (χ4n) is 2.40. The van der Waals surface area contributed by atoms with E-state index >= 15 is 0 Å². The van der Waals surface area contributed by atoms with Gasteiger partial charge in [-0.2, -0.15) is 5.10 Å². The molecular formula is C21H24BrN3O5. The highest BCUT2D eigenvalue weighted by Crippen LogP contribution is 2.36. The molecule has 2 N–H and O–H groups in total. The summed E-state index contributed by atoms with van der Waals surface area (Å²) >= 11 is 3.45. The molecule has 2 aromatic carbocycles. The SMILES string of the molecule is CCCOc1c(Br)cc(C=NNC(=O)CC(=O)Nc2ccc(OC)cc2)cc1OC. The van der Waals surface area contributed by atoms with E-state index in [1.807, 2.05) is 6.92 Å². The van der Waals surface area contributed by atoms with Gasteiger partial charge in [-0.15, -0.1) is 0 Å². The monoisotopic (exact) mass is 477 g/mol. The Hall–Kier alpha value is -3.07. The standard InChI is InChI=1S/C21H24BrN3O5/c1-4-9-30-21-17(22)10-14(11-18(21)29-3)13-23-25-20(27)12-19(26)24-15-5-7-16(28-2)8-6-15/h5-8,10-11,13H,4,9,12H2,1-3H3,(H,24,26)(H,25,27). The van der Waals surface area contributed by atoms with Gasteiger partial charge in [0.2, 0.25) is 11.8 Å². The van der Waals surface area contributed by atoms with E-state index in [0.717, 1.165) is 6.42 Å². The minimum atomic E-state index is -0.536. The lowest BCUT2D eigenvalue weighted by Crippen LogP contribution is -2.24. The largest absolute Gasteiger partial charge is 0.497 e. The average Bonchev–Trinajstić information content (AvgIpc) is 2.73. The second kappa shape index (κ2) is 11.8. The molecular weight excluding hydrogens is 454 g/mol. The third kappa shape index (κ3) is 7.07. The summed E-state index contributed by atoms with van der Waals surface area (Å²) < 4.78 is 16.8. The lowest BCUT2D eigenvalue weighted by Gasteiger charge is -2.12. The number of carbonyl (C=O) groups is 2. The van der Waals surface area contributed by atoms with E-state index in [-0.39, 0.29) is 6.42 Å². The van der Waals surface area contributed by atoms with E-state index in [1.165, 1.54) is 6.21 Å². The summed E-state index contributed by atoms with van der Waals surface area (Å²) in [6.07, 6.45) is 1.97. The van der Waals surface area contributed by atoms with Gasteiger partial charge in [0.1, 0.15) is 12.2 Å². The fraction of sp³-hybridized carbons (Fsp3) is 0.286. The van der Waals surface area contributed by atoms with E-state index in [0.29, 0.717) is 39.6 Å². The number of amides is 2. The minimum Gasteiger partial charge on any atom is -0.497 e. The number of carbonyl (C=O) groups excluding carboxylic acids is 2. The van der Waals surface area contributed by atoms with E-state index in [2.05, 4.69) is 31.8 Å². The van der Waals surface area contributed by atoms with Gasteiger partial charge >= 0.3 is 0 Å². The molecule has 0 aliphatic carbocycles. The Bertz CT molecular complexity index is 900. The number of hydrogen-bond donors (Lipinski definition) is 2. The van der Waals surface area contributed by atoms with Crippen LogP contribution in [0, 0.1) is 0 Å². The predicted molar refractivity (Wildman–Crippen MR) is 118 cm³/mol. The first-order chi connectivity index (χ1) is 14.5. The highest BCUT2D eigenvalue weighted by Gasteiger charge is 2.12. The Balaban J connectivity index is 1.90. The number of methoxy groups -OCH3 is 2. The van der Waals surface area contributed by atoms with Gasteiger partial charge in [-0.3, -0.25) is 9.59 Å². The molecule has 0 heterocycles. The number of halogens is 1. The topological polar surface area (TPSA) is 98.2 Å². The zero-order chi connectivity index (χ0) is 21.9. The second-order valence-electron chi connectivity index (χ2n) is 6.13. The van der Waals surface area contributed by atoms with Crippen LogP contribution < -0.4 is 25.0 Å². The number of ether oxygens (including phenoxy) is 3. The van der Waals surface area contributed by atoms with Crippen molar-refractivity contribution >= 4 is 39.6 Å². The van der Waals surface area contributed by atoms with E-state index in [9.17, 15) is 9.59 Å². The number of anilines is 1. The van der Waals surface area contributed by atoms with Gasteiger partial charge in [0.15, 0.2) is 11.5 Å². The van der Waals surface area contributed by atoms with Crippen molar-refractivity contribution in [1.29, 1.82) is 0 Å². The molecule has 0 bridgehead atoms. The van der Waals surface area contributed by atoms with Crippen LogP contribution in [0.4, 0.5) is 5.69 Å². The molecule has 0 fully saturated rings. The van der Waals surface area contributed by atoms with Gasteiger partial charge in [0.25, 0.3) is 0 Å². The first-order valence-electron chi connectivity index (χ1n) is 9.23. The summed E-state index contributed by atoms with van der Waals surface area (Å²) in [5.41, 5.74) is 3.59. The summed E-state index contributed by atoms with van der Waals surface area (Å²) in [4.78, 5) is 23.9. The molecule has 0 aliphatic heterocycles. The molecule has 2 aromatic rings. The maximum absolute atomic E-state index is 12.0. The number of rotatable bonds is 10. The number of benzene rings is 2. The smallest absolute Gasteiger partial charge is 0.249 e. The fourth-order valence-corrected chi connectivity index (χ4v) is 2.98. The maximum atomic E-state index is 12.0. The summed E-state index contributed by atoms with van der Waals surface area (Å²) in [5.74, 6) is 0.842. The van der Waals surface area contributed by atoms with Crippen molar-refractivity contribution in [2.75, 3.05) is 26.1 Å². The summed E-state index contributed by atoms with van der Waals surface area (Å²) in [6.45, 7) is 2.58. The van der Waals surface area contributed by atoms with Crippen LogP contribution in [0.2, 0.25) is 0 Å². The van der Waals surface area contributed by atoms with Gasteiger partial charge in [0.05, 0.1) is 31.5 Å². The van der Waals surface area contributed by atoms with Gasteiger partial charge in [-0.1, -0.05) is 6.92 Å². The zero-order valence-corrected chi connectivity index (χ0v) is 18.6. The molecule has 9 heteroatoms. The third-order valence-corrected chi connectivity index (χ3v) is 4.39. The van der Waals surface area contributed by atoms with Gasteiger partial charge in [-0.25, -0.2) is 5.43 Å². The normalized spacial score (nSPS) is 10.5. The van der Waals surface area contributed by atoms with Crippen molar-refractivity contribution in [2.45, 2.75) is 19.8 Å². The van der Waals surface area contributed by atoms with Crippen molar-refractivity contribution in [3.63, 3.8) is 0 Å². The molecule has 0 unspecified atom stereocenters. The molecule has 0 aromatic heterocycles. The van der Waals surface area contributed by atoms with Crippen LogP contribution in [0.5, 0.6) is 17.2 Å². The molecule has 0 spiro atoms. The highest BCUT2D eigenvalue weighted by atomic mass is 79.9. The highest BCUT2D eigenvalue weighted by molar-refractivity contribution is 9.10. The van der Waals surface area contributed by atoms with Crippen molar-refractivity contribution in [3.05, 3.63) is 46.4 Å². The maximum Gasteiger partial charge on any atom is 0.249 e. The summed E-state index contributed by atoms with van der Waals surface area (Å²) in [7, 11) is 3.10. The van der Waals surface area contributed by atoms with E-state index in [1.54, 1.807) is 50.6 Å². The van der Waals surface area contributed by atoms with E-state index in [4.69, 9.17) is 14.2 Å². The summed E-state index contributed by atoms with van der Waals surface area (Å²) in [6, 6.07) is 10.3. The molecule has 30 heavy (non-hydrogen) atoms. The number of hydrogen-bond acceptors (Lipinski definition) is 6. The molecule has 0 saturated carbocycles. The van der Waals surface area contributed by atoms with Crippen molar-refractivity contribution < 1.29 is 23.8 Å². The number of hydrazone groups is 1. The molecule has 2 amide bonds. The second-order valence-corrected chi connectivity index (χ2v) is 6.98. The third-order valence-electron chi connectivity index (χ3n) is 3.80. The molecule has 0 radical (unpaired) electrons. The Morgan fingerprint density at radius 1 is 1.10 bits per heavy atom. The van der Waals surface area contributed by atoms with Crippen LogP contribution in [0.25, 0.3) is 0 Å². The molecule has 0 aliphatic rings. The van der Waals surface area contributed by atoms with Crippen LogP contribution in [-0.4, -0.2) is 38.9 Å². The van der Waals surface area contributed by atoms with Crippen LogP contribution in [0.15, 0.2) is 46.0 Å². The molecule has 0 atom stereocenters. The minimum absolute atomic E-state index is 0.361. The Kier molecular flexibility index (Phi) is 9.14. The zero-order valence-electron chi connectivity index (χ0n) is 17.0. The predicted octanol–water partition coefficient (Wildman–Crippen LogP) is 3.73. The van der Waals surface area contributed by atoms with Gasteiger partial charge in [0, 0.05) is 5.69 Å². The van der Waals surface area contributed by atoms with Crippen LogP contribution in [0.1, 0.15) is 25.3 Å². The van der Waals surface area contributed by atoms with Crippen LogP contribution >= 0.6 is 15.9 Å². The quantitative estimate of drug-likeness (QED) is 0.308. The van der Waals surface area contributed by atoms with Gasteiger partial charge in [-0.05, 0) is 64.3 Å². The van der Waals surface area contributed by atoms with Crippen molar-refractivity contribution in [1.82, 2.24) is 5.43 Å². The molecule has 0 saturated heterocycles. The van der Waals surface area contributed by atoms with Crippen LogP contribution in [0.3, 0.4) is 0 Å². The Labute approximate surface area is 183 Å². The van der Waals surface area contributed by atoms with Crippen LogP contribution in [-0.2, 0) is 9.59 Å². The number of nitrogens with zero attached hydrogens (tertiary/aromatic N) is 1. The lowest BCUT2D eigenvalue weighted by atomic mass is 10.2. The average molecular weight is 478 g/mol. The lowest BCUT2D eigenvalue weighted by molar-refractivity contribution is -0.126.